The molecule has 2 aromatic rings. The molecule has 0 amide bonds. The standard InChI is InChI=1S/C22H31N3O/c1-23-13-12-22(19-8-4-3-5-9-19)26-21-11-6-10-20(18-21)25-15-7-14-24(2)16-17-25/h3-6,8-11,18,22-23H,7,12-17H2,1-2H3. The minimum absolute atomic E-state index is 0.0640. The van der Waals surface area contributed by atoms with Gasteiger partial charge in [-0.15, -0.1) is 0 Å². The number of nitrogens with one attached hydrogen (secondary N) is 1. The third kappa shape index (κ3) is 5.23. The van der Waals surface area contributed by atoms with Gasteiger partial charge in [0, 0.05) is 37.8 Å². The van der Waals surface area contributed by atoms with E-state index < -0.39 is 0 Å². The number of nitrogens with zero attached hydrogens (tertiary/aromatic N) is 2. The number of rotatable bonds is 7. The molecule has 0 saturated carbocycles. The van der Waals surface area contributed by atoms with E-state index in [4.69, 9.17) is 4.74 Å². The molecule has 1 N–H and O–H groups in total. The van der Waals surface area contributed by atoms with Crippen molar-refractivity contribution in [3.05, 3.63) is 60.2 Å². The maximum absolute atomic E-state index is 6.41. The number of hydrogen-bond acceptors (Lipinski definition) is 4. The number of anilines is 1. The first kappa shape index (κ1) is 18.7. The lowest BCUT2D eigenvalue weighted by Gasteiger charge is -2.25. The predicted molar refractivity (Wildman–Crippen MR) is 109 cm³/mol. The molecule has 0 bridgehead atoms. The van der Waals surface area contributed by atoms with E-state index in [2.05, 4.69) is 76.8 Å². The van der Waals surface area contributed by atoms with Gasteiger partial charge in [-0.25, -0.2) is 0 Å². The highest BCUT2D eigenvalue weighted by Gasteiger charge is 2.16. The fraction of sp³-hybridized carbons (Fsp3) is 0.455. The third-order valence-corrected chi connectivity index (χ3v) is 5.01. The average molecular weight is 354 g/mol. The first-order chi connectivity index (χ1) is 12.8. The molecule has 1 atom stereocenters. The summed E-state index contributed by atoms with van der Waals surface area (Å²) in [4.78, 5) is 4.88. The highest BCUT2D eigenvalue weighted by molar-refractivity contribution is 5.51. The number of likely N-dealkylation sites (N-methyl/N-ethyl adjacent to an activating group) is 1. The van der Waals surface area contributed by atoms with E-state index in [1.807, 2.05) is 7.05 Å². The van der Waals surface area contributed by atoms with E-state index in [9.17, 15) is 0 Å². The maximum Gasteiger partial charge on any atom is 0.125 e. The third-order valence-electron chi connectivity index (χ3n) is 5.01. The summed E-state index contributed by atoms with van der Waals surface area (Å²) in [5.41, 5.74) is 2.49. The Morgan fingerprint density at radius 3 is 2.65 bits per heavy atom. The van der Waals surface area contributed by atoms with Crippen LogP contribution in [0.1, 0.15) is 24.5 Å². The van der Waals surface area contributed by atoms with E-state index in [1.165, 1.54) is 24.2 Å². The fourth-order valence-electron chi connectivity index (χ4n) is 3.46. The van der Waals surface area contributed by atoms with Gasteiger partial charge >= 0.3 is 0 Å². The van der Waals surface area contributed by atoms with E-state index in [1.54, 1.807) is 0 Å². The van der Waals surface area contributed by atoms with Crippen LogP contribution < -0.4 is 15.0 Å². The number of benzene rings is 2. The van der Waals surface area contributed by atoms with E-state index >= 15 is 0 Å². The Morgan fingerprint density at radius 1 is 1.00 bits per heavy atom. The van der Waals surface area contributed by atoms with E-state index in [0.717, 1.165) is 38.3 Å². The molecule has 1 saturated heterocycles. The van der Waals surface area contributed by atoms with Crippen LogP contribution in [-0.4, -0.2) is 51.7 Å². The van der Waals surface area contributed by atoms with Crippen molar-refractivity contribution >= 4 is 5.69 Å². The first-order valence-corrected chi connectivity index (χ1v) is 9.66. The van der Waals surface area contributed by atoms with Gasteiger partial charge < -0.3 is 19.9 Å². The highest BCUT2D eigenvalue weighted by atomic mass is 16.5. The van der Waals surface area contributed by atoms with Crippen molar-refractivity contribution in [2.75, 3.05) is 51.7 Å². The lowest BCUT2D eigenvalue weighted by atomic mass is 10.1. The van der Waals surface area contributed by atoms with Crippen LogP contribution in [0.25, 0.3) is 0 Å². The quantitative estimate of drug-likeness (QED) is 0.824. The van der Waals surface area contributed by atoms with Crippen molar-refractivity contribution in [2.45, 2.75) is 18.9 Å². The highest BCUT2D eigenvalue weighted by Crippen LogP contribution is 2.28. The van der Waals surface area contributed by atoms with Gasteiger partial charge in [0.15, 0.2) is 0 Å². The molecule has 3 rings (SSSR count). The molecule has 1 aliphatic heterocycles. The molecule has 140 valence electrons. The average Bonchev–Trinajstić information content (AvgIpc) is 2.90. The predicted octanol–water partition coefficient (Wildman–Crippen LogP) is 3.56. The minimum atomic E-state index is 0.0640. The van der Waals surface area contributed by atoms with Crippen LogP contribution in [0.15, 0.2) is 54.6 Å². The number of ether oxygens (including phenoxy) is 1. The lowest BCUT2D eigenvalue weighted by Crippen LogP contribution is -2.28. The Morgan fingerprint density at radius 2 is 1.85 bits per heavy atom. The van der Waals surface area contributed by atoms with Crippen LogP contribution in [0.5, 0.6) is 5.75 Å². The number of hydrogen-bond donors (Lipinski definition) is 1. The topological polar surface area (TPSA) is 27.7 Å². The van der Waals surface area contributed by atoms with Crippen molar-refractivity contribution in [1.82, 2.24) is 10.2 Å². The Bertz CT molecular complexity index is 661. The molecule has 1 heterocycles. The summed E-state index contributed by atoms with van der Waals surface area (Å²) in [5, 5.41) is 3.23. The Balaban J connectivity index is 1.73. The van der Waals surface area contributed by atoms with Crippen molar-refractivity contribution < 1.29 is 4.74 Å². The maximum atomic E-state index is 6.41. The van der Waals surface area contributed by atoms with Crippen LogP contribution in [0, 0.1) is 0 Å². The molecule has 1 aliphatic rings. The van der Waals surface area contributed by atoms with Crippen LogP contribution >= 0.6 is 0 Å². The van der Waals surface area contributed by atoms with Crippen molar-refractivity contribution in [3.8, 4) is 5.75 Å². The molecule has 26 heavy (non-hydrogen) atoms. The fourth-order valence-corrected chi connectivity index (χ4v) is 3.46. The van der Waals surface area contributed by atoms with Crippen molar-refractivity contribution in [3.63, 3.8) is 0 Å². The monoisotopic (exact) mass is 353 g/mol. The first-order valence-electron chi connectivity index (χ1n) is 9.66. The van der Waals surface area contributed by atoms with Gasteiger partial charge in [-0.1, -0.05) is 36.4 Å². The van der Waals surface area contributed by atoms with Crippen LogP contribution in [-0.2, 0) is 0 Å². The van der Waals surface area contributed by atoms with Gasteiger partial charge in [0.25, 0.3) is 0 Å². The summed E-state index contributed by atoms with van der Waals surface area (Å²) in [6.45, 7) is 5.39. The summed E-state index contributed by atoms with van der Waals surface area (Å²) in [5.74, 6) is 0.949. The van der Waals surface area contributed by atoms with Gasteiger partial charge in [-0.2, -0.15) is 0 Å². The van der Waals surface area contributed by atoms with E-state index in [-0.39, 0.29) is 6.10 Å². The summed E-state index contributed by atoms with van der Waals surface area (Å²) < 4.78 is 6.41. The zero-order valence-electron chi connectivity index (χ0n) is 16.0. The molecule has 1 fully saturated rings. The Hall–Kier alpha value is -2.04. The SMILES string of the molecule is CNCCC(Oc1cccc(N2CCCN(C)CC2)c1)c1ccccc1. The smallest absolute Gasteiger partial charge is 0.125 e. The summed E-state index contributed by atoms with van der Waals surface area (Å²) in [6, 6.07) is 19.1. The second kappa shape index (κ2) is 9.60. The molecule has 4 nitrogen and oxygen atoms in total. The summed E-state index contributed by atoms with van der Waals surface area (Å²) in [7, 11) is 4.19. The molecular weight excluding hydrogens is 322 g/mol. The van der Waals surface area contributed by atoms with Crippen LogP contribution in [0.4, 0.5) is 5.69 Å². The van der Waals surface area contributed by atoms with Gasteiger partial charge in [-0.3, -0.25) is 0 Å². The molecule has 1 unspecified atom stereocenters. The summed E-state index contributed by atoms with van der Waals surface area (Å²) in [6.07, 6.45) is 2.21. The zero-order chi connectivity index (χ0) is 18.2. The van der Waals surface area contributed by atoms with Gasteiger partial charge in [0.2, 0.25) is 0 Å². The zero-order valence-corrected chi connectivity index (χ0v) is 16.0. The Labute approximate surface area is 157 Å². The Kier molecular flexibility index (Phi) is 6.92. The molecule has 0 aliphatic carbocycles. The molecule has 0 spiro atoms. The van der Waals surface area contributed by atoms with Crippen molar-refractivity contribution in [2.24, 2.45) is 0 Å². The van der Waals surface area contributed by atoms with Gasteiger partial charge in [0.05, 0.1) is 0 Å². The molecule has 0 aromatic heterocycles. The van der Waals surface area contributed by atoms with Gasteiger partial charge in [-0.05, 0) is 51.3 Å². The minimum Gasteiger partial charge on any atom is -0.486 e. The van der Waals surface area contributed by atoms with Crippen molar-refractivity contribution in [1.29, 1.82) is 0 Å². The second-order valence-corrected chi connectivity index (χ2v) is 7.05. The normalized spacial score (nSPS) is 16.9. The van der Waals surface area contributed by atoms with Crippen LogP contribution in [0.3, 0.4) is 0 Å². The molecule has 0 radical (unpaired) electrons. The van der Waals surface area contributed by atoms with Crippen LogP contribution in [0.2, 0.25) is 0 Å². The lowest BCUT2D eigenvalue weighted by molar-refractivity contribution is 0.195. The largest absolute Gasteiger partial charge is 0.486 e. The van der Waals surface area contributed by atoms with Gasteiger partial charge in [0.1, 0.15) is 11.9 Å². The summed E-state index contributed by atoms with van der Waals surface area (Å²) >= 11 is 0. The molecule has 4 heteroatoms. The second-order valence-electron chi connectivity index (χ2n) is 7.05. The molecular formula is C22H31N3O. The van der Waals surface area contributed by atoms with E-state index in [0.29, 0.717) is 0 Å². The molecule has 2 aromatic carbocycles.